The van der Waals surface area contributed by atoms with Crippen LogP contribution in [0.25, 0.3) is 0 Å². The molecule has 172 valence electrons. The number of amides is 1. The summed E-state index contributed by atoms with van der Waals surface area (Å²) in [5.41, 5.74) is 5.85. The number of halogens is 5. The topological polar surface area (TPSA) is 80.3 Å². The Morgan fingerprint density at radius 3 is 2.37 bits per heavy atom. The zero-order valence-corrected chi connectivity index (χ0v) is 18.5. The van der Waals surface area contributed by atoms with Crippen LogP contribution in [0.1, 0.15) is 50.7 Å². The lowest BCUT2D eigenvalue weighted by molar-refractivity contribution is -0.148. The fraction of sp³-hybridized carbons (Fsp3) is 0.833. The highest BCUT2D eigenvalue weighted by Gasteiger charge is 2.46. The highest BCUT2D eigenvalue weighted by molar-refractivity contribution is 5.85. The molecule has 1 aromatic rings. The van der Waals surface area contributed by atoms with Crippen LogP contribution in [0.2, 0.25) is 0 Å². The molecule has 12 heteroatoms. The van der Waals surface area contributed by atoms with Gasteiger partial charge >= 0.3 is 6.18 Å². The minimum Gasteiger partial charge on any atom is -0.335 e. The van der Waals surface area contributed by atoms with Gasteiger partial charge in [0.05, 0.1) is 12.1 Å². The van der Waals surface area contributed by atoms with Crippen molar-refractivity contribution in [1.29, 1.82) is 0 Å². The van der Waals surface area contributed by atoms with E-state index in [1.54, 1.807) is 0 Å². The molecule has 0 aromatic carbocycles. The van der Waals surface area contributed by atoms with Gasteiger partial charge in [0.1, 0.15) is 5.82 Å². The van der Waals surface area contributed by atoms with Crippen LogP contribution in [0.3, 0.4) is 0 Å². The average molecular weight is 473 g/mol. The first kappa shape index (κ1) is 25.2. The lowest BCUT2D eigenvalue weighted by Crippen LogP contribution is -2.58. The third-order valence-electron chi connectivity index (χ3n) is 6.71. The second kappa shape index (κ2) is 9.18. The summed E-state index contributed by atoms with van der Waals surface area (Å²) < 4.78 is 40.2. The summed E-state index contributed by atoms with van der Waals surface area (Å²) in [4.78, 5) is 16.6. The normalized spacial score (nSPS) is 29.9. The van der Waals surface area contributed by atoms with Gasteiger partial charge in [-0.3, -0.25) is 9.69 Å². The predicted octanol–water partition coefficient (Wildman–Crippen LogP) is 2.46. The maximum absolute atomic E-state index is 13.0. The summed E-state index contributed by atoms with van der Waals surface area (Å²) in [5.74, 6) is 0.0273. The van der Waals surface area contributed by atoms with Gasteiger partial charge in [0.25, 0.3) is 0 Å². The van der Waals surface area contributed by atoms with Crippen molar-refractivity contribution in [3.8, 4) is 0 Å². The molecule has 2 aliphatic heterocycles. The zero-order valence-electron chi connectivity index (χ0n) is 16.9. The second-order valence-electron chi connectivity index (χ2n) is 8.53. The van der Waals surface area contributed by atoms with Gasteiger partial charge in [0.15, 0.2) is 0 Å². The summed E-state index contributed by atoms with van der Waals surface area (Å²) in [6.45, 7) is 4.50. The largest absolute Gasteiger partial charge is 0.451 e. The van der Waals surface area contributed by atoms with E-state index in [0.29, 0.717) is 37.8 Å². The molecule has 30 heavy (non-hydrogen) atoms. The highest BCUT2D eigenvalue weighted by atomic mass is 35.5. The van der Waals surface area contributed by atoms with E-state index in [-0.39, 0.29) is 48.8 Å². The maximum Gasteiger partial charge on any atom is 0.451 e. The van der Waals surface area contributed by atoms with E-state index < -0.39 is 12.0 Å². The van der Waals surface area contributed by atoms with Gasteiger partial charge < -0.3 is 15.2 Å². The number of rotatable bonds is 3. The summed E-state index contributed by atoms with van der Waals surface area (Å²) in [5, 5.41) is 7.13. The molecule has 2 fully saturated rings. The van der Waals surface area contributed by atoms with Crippen LogP contribution in [0.15, 0.2) is 0 Å². The molecule has 2 N–H and O–H groups in total. The quantitative estimate of drug-likeness (QED) is 0.730. The molecule has 1 aromatic heterocycles. The first-order valence-corrected chi connectivity index (χ1v) is 9.97. The summed E-state index contributed by atoms with van der Waals surface area (Å²) >= 11 is 0. The number of aromatic nitrogens is 3. The van der Waals surface area contributed by atoms with Crippen molar-refractivity contribution in [3.05, 3.63) is 11.6 Å². The average Bonchev–Trinajstić information content (AvgIpc) is 3.24. The van der Waals surface area contributed by atoms with Crippen molar-refractivity contribution in [2.45, 2.75) is 69.9 Å². The van der Waals surface area contributed by atoms with Crippen molar-refractivity contribution < 1.29 is 18.0 Å². The molecule has 0 radical (unpaired) electrons. The number of nitrogens with zero attached hydrogens (tertiary/aromatic N) is 5. The van der Waals surface area contributed by atoms with Crippen LogP contribution in [0.5, 0.6) is 0 Å². The Kier molecular flexibility index (Phi) is 7.70. The molecule has 7 nitrogen and oxygen atoms in total. The van der Waals surface area contributed by atoms with E-state index in [0.717, 1.165) is 32.2 Å². The van der Waals surface area contributed by atoms with E-state index in [9.17, 15) is 18.0 Å². The second-order valence-corrected chi connectivity index (χ2v) is 8.53. The van der Waals surface area contributed by atoms with E-state index in [4.69, 9.17) is 5.73 Å². The number of hydrogen-bond donors (Lipinski definition) is 1. The number of alkyl halides is 3. The van der Waals surface area contributed by atoms with Gasteiger partial charge in [0.2, 0.25) is 11.7 Å². The molecular weight excluding hydrogens is 444 g/mol. The highest BCUT2D eigenvalue weighted by Crippen LogP contribution is 2.39. The number of carbonyl (C=O) groups excluding carboxylic acids is 1. The van der Waals surface area contributed by atoms with Crippen LogP contribution in [-0.2, 0) is 24.1 Å². The monoisotopic (exact) mass is 472 g/mol. The Morgan fingerprint density at radius 1 is 1.17 bits per heavy atom. The van der Waals surface area contributed by atoms with Gasteiger partial charge in [-0.25, -0.2) is 0 Å². The Hall–Kier alpha value is -1.10. The molecule has 1 saturated heterocycles. The first-order chi connectivity index (χ1) is 13.2. The fourth-order valence-electron chi connectivity index (χ4n) is 5.13. The third-order valence-corrected chi connectivity index (χ3v) is 6.71. The number of nitrogens with two attached hydrogens (primary N) is 1. The van der Waals surface area contributed by atoms with Crippen molar-refractivity contribution in [2.24, 2.45) is 11.7 Å². The fourth-order valence-corrected chi connectivity index (χ4v) is 5.13. The lowest BCUT2D eigenvalue weighted by Gasteiger charge is -2.48. The SMILES string of the molecule is CC1CC(=O)N([C@]2(CN)CC[C@@H](N3CCn4c(nnc4C(F)(F)F)C3)CC2)C1.Cl.Cl. The number of hydrogen-bond acceptors (Lipinski definition) is 5. The Balaban J connectivity index is 0.00000160. The van der Waals surface area contributed by atoms with Gasteiger partial charge in [-0.2, -0.15) is 13.2 Å². The lowest BCUT2D eigenvalue weighted by atomic mass is 9.77. The number of likely N-dealkylation sites (tertiary alicyclic amines) is 1. The first-order valence-electron chi connectivity index (χ1n) is 9.97. The van der Waals surface area contributed by atoms with E-state index in [1.165, 1.54) is 4.57 Å². The smallest absolute Gasteiger partial charge is 0.335 e. The Morgan fingerprint density at radius 2 is 1.83 bits per heavy atom. The van der Waals surface area contributed by atoms with E-state index in [1.807, 2.05) is 4.90 Å². The zero-order chi connectivity index (χ0) is 20.1. The van der Waals surface area contributed by atoms with Gasteiger partial charge in [-0.1, -0.05) is 6.92 Å². The minimum absolute atomic E-state index is 0. The standard InChI is InChI=1S/C18H27F3N6O.2ClH/c1-12-8-15(28)27(9-12)17(11-22)4-2-13(3-5-17)25-6-7-26-14(10-25)23-24-16(26)18(19,20)21;;/h12-13H,2-11,22H2,1H3;2*1H/t12?,13-,17-;;. The van der Waals surface area contributed by atoms with Crippen LogP contribution in [0.4, 0.5) is 13.2 Å². The molecule has 0 spiro atoms. The van der Waals surface area contributed by atoms with E-state index >= 15 is 0 Å². The minimum atomic E-state index is -4.47. The molecule has 1 unspecified atom stereocenters. The molecule has 1 atom stereocenters. The van der Waals surface area contributed by atoms with Crippen molar-refractivity contribution in [1.82, 2.24) is 24.6 Å². The molecule has 0 bridgehead atoms. The number of carbonyl (C=O) groups is 1. The van der Waals surface area contributed by atoms with Gasteiger partial charge in [-0.15, -0.1) is 35.0 Å². The third kappa shape index (κ3) is 4.42. The van der Waals surface area contributed by atoms with Gasteiger partial charge in [-0.05, 0) is 31.6 Å². The number of fused-ring (bicyclic) bond motifs is 1. The summed E-state index contributed by atoms with van der Waals surface area (Å²) in [7, 11) is 0. The Bertz CT molecular complexity index is 751. The summed E-state index contributed by atoms with van der Waals surface area (Å²) in [6.07, 6.45) is -0.439. The van der Waals surface area contributed by atoms with Crippen LogP contribution in [-0.4, -0.2) is 61.7 Å². The molecule has 3 aliphatic rings. The maximum atomic E-state index is 13.0. The summed E-state index contributed by atoms with van der Waals surface area (Å²) in [6, 6.07) is 0.273. The Labute approximate surface area is 186 Å². The van der Waals surface area contributed by atoms with E-state index in [2.05, 4.69) is 22.0 Å². The van der Waals surface area contributed by atoms with Crippen LogP contribution in [0, 0.1) is 5.92 Å². The van der Waals surface area contributed by atoms with Gasteiger partial charge in [0, 0.05) is 38.6 Å². The molecular formula is C18H29Cl2F3N6O. The van der Waals surface area contributed by atoms with Crippen LogP contribution >= 0.6 is 24.8 Å². The molecule has 3 heterocycles. The van der Waals surface area contributed by atoms with Crippen molar-refractivity contribution in [2.75, 3.05) is 19.6 Å². The van der Waals surface area contributed by atoms with Crippen molar-refractivity contribution in [3.63, 3.8) is 0 Å². The van der Waals surface area contributed by atoms with Crippen LogP contribution < -0.4 is 5.73 Å². The van der Waals surface area contributed by atoms with Crippen molar-refractivity contribution >= 4 is 30.7 Å². The molecule has 1 amide bonds. The molecule has 4 rings (SSSR count). The molecule has 1 saturated carbocycles. The predicted molar refractivity (Wildman–Crippen MR) is 109 cm³/mol. The molecule has 1 aliphatic carbocycles.